The predicted octanol–water partition coefficient (Wildman–Crippen LogP) is 3.48. The lowest BCUT2D eigenvalue weighted by molar-refractivity contribution is 0.189. The lowest BCUT2D eigenvalue weighted by atomic mass is 10.1. The molecule has 0 radical (unpaired) electrons. The number of benzene rings is 1. The number of ether oxygens (including phenoxy) is 1. The van der Waals surface area contributed by atoms with E-state index in [0.29, 0.717) is 17.6 Å². The Bertz CT molecular complexity index is 415. The zero-order valence-electron chi connectivity index (χ0n) is 11.0. The van der Waals surface area contributed by atoms with E-state index in [0.717, 1.165) is 5.56 Å². The van der Waals surface area contributed by atoms with Crippen molar-refractivity contribution in [2.75, 3.05) is 13.6 Å². The van der Waals surface area contributed by atoms with Crippen LogP contribution in [0.4, 0.5) is 0 Å². The van der Waals surface area contributed by atoms with Crippen LogP contribution in [-0.2, 0) is 4.74 Å². The van der Waals surface area contributed by atoms with Crippen molar-refractivity contribution >= 4 is 17.5 Å². The molecule has 4 heteroatoms. The van der Waals surface area contributed by atoms with Crippen LogP contribution in [0.3, 0.4) is 0 Å². The number of hydrogen-bond acceptors (Lipinski definition) is 3. The fraction of sp³-hybridized carbons (Fsp3) is 0.357. The summed E-state index contributed by atoms with van der Waals surface area (Å²) in [7, 11) is 1.89. The molecule has 0 spiro atoms. The van der Waals surface area contributed by atoms with Crippen molar-refractivity contribution in [1.82, 2.24) is 5.32 Å². The predicted molar refractivity (Wildman–Crippen MR) is 76.9 cm³/mol. The maximum Gasteiger partial charge on any atom is 0.186 e. The molecular weight excluding hydrogens is 248 g/mol. The summed E-state index contributed by atoms with van der Waals surface area (Å²) in [5.74, 6) is 0.558. The molecule has 1 rings (SSSR count). The van der Waals surface area contributed by atoms with Gasteiger partial charge in [0.1, 0.15) is 11.3 Å². The third kappa shape index (κ3) is 4.90. The Morgan fingerprint density at radius 2 is 2.11 bits per heavy atom. The van der Waals surface area contributed by atoms with E-state index in [-0.39, 0.29) is 6.10 Å². The fourth-order valence-electron chi connectivity index (χ4n) is 1.53. The van der Waals surface area contributed by atoms with E-state index in [1.165, 1.54) is 0 Å². The van der Waals surface area contributed by atoms with E-state index < -0.39 is 0 Å². The largest absolute Gasteiger partial charge is 0.471 e. The molecule has 0 fully saturated rings. The Hall–Kier alpha value is -1.32. The average Bonchev–Trinajstić information content (AvgIpc) is 2.39. The number of halogens is 1. The van der Waals surface area contributed by atoms with E-state index in [9.17, 15) is 0 Å². The zero-order valence-corrected chi connectivity index (χ0v) is 11.7. The third-order valence-electron chi connectivity index (χ3n) is 2.38. The van der Waals surface area contributed by atoms with Crippen LogP contribution in [0, 0.1) is 0 Å². The van der Waals surface area contributed by atoms with E-state index in [1.807, 2.05) is 44.3 Å². The smallest absolute Gasteiger partial charge is 0.186 e. The van der Waals surface area contributed by atoms with Gasteiger partial charge >= 0.3 is 0 Å². The molecule has 1 unspecified atom stereocenters. The number of allylic oxidation sites excluding steroid dienone is 1. The molecule has 0 heterocycles. The molecule has 0 aliphatic rings. The lowest BCUT2D eigenvalue weighted by Crippen LogP contribution is -2.21. The molecule has 0 saturated heterocycles. The SMILES string of the molecule is CC=C(Cl)N=C(C)OC(CNC)c1ccccc1. The van der Waals surface area contributed by atoms with E-state index in [1.54, 1.807) is 13.0 Å². The van der Waals surface area contributed by atoms with Crippen LogP contribution in [0.2, 0.25) is 0 Å². The molecule has 18 heavy (non-hydrogen) atoms. The monoisotopic (exact) mass is 266 g/mol. The highest BCUT2D eigenvalue weighted by atomic mass is 35.5. The summed E-state index contributed by atoms with van der Waals surface area (Å²) in [6, 6.07) is 10.0. The minimum atomic E-state index is -0.0683. The highest BCUT2D eigenvalue weighted by molar-refractivity contribution is 6.29. The van der Waals surface area contributed by atoms with Gasteiger partial charge in [-0.3, -0.25) is 0 Å². The molecule has 3 nitrogen and oxygen atoms in total. The molecule has 1 N–H and O–H groups in total. The summed E-state index contributed by atoms with van der Waals surface area (Å²) >= 11 is 5.84. The first-order valence-corrected chi connectivity index (χ1v) is 6.28. The van der Waals surface area contributed by atoms with Crippen molar-refractivity contribution in [3.8, 4) is 0 Å². The van der Waals surface area contributed by atoms with Crippen molar-refractivity contribution in [2.45, 2.75) is 20.0 Å². The Morgan fingerprint density at radius 3 is 2.67 bits per heavy atom. The minimum absolute atomic E-state index is 0.0683. The molecule has 1 aromatic carbocycles. The van der Waals surface area contributed by atoms with Crippen molar-refractivity contribution < 1.29 is 4.74 Å². The zero-order chi connectivity index (χ0) is 13.4. The van der Waals surface area contributed by atoms with Gasteiger partial charge in [-0.15, -0.1) is 0 Å². The number of nitrogens with one attached hydrogen (secondary N) is 1. The number of likely N-dealkylation sites (N-methyl/N-ethyl adjacent to an activating group) is 1. The van der Waals surface area contributed by atoms with Crippen LogP contribution in [0.25, 0.3) is 0 Å². The Labute approximate surface area is 114 Å². The molecule has 0 saturated carbocycles. The van der Waals surface area contributed by atoms with Crippen LogP contribution in [0.15, 0.2) is 46.6 Å². The van der Waals surface area contributed by atoms with Gasteiger partial charge < -0.3 is 10.1 Å². The first-order valence-electron chi connectivity index (χ1n) is 5.90. The number of hydrogen-bond donors (Lipinski definition) is 1. The summed E-state index contributed by atoms with van der Waals surface area (Å²) in [6.07, 6.45) is 1.66. The molecule has 0 aliphatic heterocycles. The molecule has 98 valence electrons. The molecular formula is C14H19ClN2O. The van der Waals surface area contributed by atoms with Gasteiger partial charge in [-0.1, -0.05) is 41.9 Å². The Morgan fingerprint density at radius 1 is 1.44 bits per heavy atom. The maximum atomic E-state index is 5.84. The maximum absolute atomic E-state index is 5.84. The average molecular weight is 267 g/mol. The number of nitrogens with zero attached hydrogens (tertiary/aromatic N) is 1. The highest BCUT2D eigenvalue weighted by Gasteiger charge is 2.12. The first kappa shape index (κ1) is 14.7. The molecule has 0 bridgehead atoms. The van der Waals surface area contributed by atoms with Gasteiger partial charge in [-0.2, -0.15) is 0 Å². The van der Waals surface area contributed by atoms with E-state index in [4.69, 9.17) is 16.3 Å². The second-order valence-electron chi connectivity index (χ2n) is 3.82. The van der Waals surface area contributed by atoms with Gasteiger partial charge in [0, 0.05) is 13.5 Å². The first-order chi connectivity index (χ1) is 8.67. The second-order valence-corrected chi connectivity index (χ2v) is 4.20. The van der Waals surface area contributed by atoms with E-state index >= 15 is 0 Å². The second kappa shape index (κ2) is 7.90. The molecule has 0 aromatic heterocycles. The van der Waals surface area contributed by atoms with Crippen molar-refractivity contribution in [3.05, 3.63) is 47.1 Å². The number of rotatable bonds is 5. The Balaban J connectivity index is 2.78. The topological polar surface area (TPSA) is 33.6 Å². The van der Waals surface area contributed by atoms with E-state index in [2.05, 4.69) is 10.3 Å². The molecule has 1 aromatic rings. The standard InChI is InChI=1S/C14H19ClN2O/c1-4-14(15)17-11(2)18-13(10-16-3)12-8-6-5-7-9-12/h4-9,13,16H,10H2,1-3H3. The molecule has 1 atom stereocenters. The van der Waals surface area contributed by atoms with Crippen LogP contribution in [0.5, 0.6) is 0 Å². The van der Waals surface area contributed by atoms with Gasteiger partial charge in [0.25, 0.3) is 0 Å². The summed E-state index contributed by atoms with van der Waals surface area (Å²) in [6.45, 7) is 4.35. The summed E-state index contributed by atoms with van der Waals surface area (Å²) < 4.78 is 5.81. The summed E-state index contributed by atoms with van der Waals surface area (Å²) in [5, 5.41) is 3.55. The van der Waals surface area contributed by atoms with Crippen molar-refractivity contribution in [3.63, 3.8) is 0 Å². The minimum Gasteiger partial charge on any atom is -0.471 e. The normalized spacial score (nSPS) is 14.4. The summed E-state index contributed by atoms with van der Waals surface area (Å²) in [5.41, 5.74) is 1.11. The van der Waals surface area contributed by atoms with Crippen LogP contribution in [0.1, 0.15) is 25.5 Å². The molecule has 0 aliphatic carbocycles. The highest BCUT2D eigenvalue weighted by Crippen LogP contribution is 2.17. The van der Waals surface area contributed by atoms with Gasteiger partial charge in [-0.05, 0) is 25.6 Å². The van der Waals surface area contributed by atoms with Crippen LogP contribution >= 0.6 is 11.6 Å². The third-order valence-corrected chi connectivity index (χ3v) is 2.68. The Kier molecular flexibility index (Phi) is 6.47. The van der Waals surface area contributed by atoms with Crippen LogP contribution < -0.4 is 5.32 Å². The molecule has 0 amide bonds. The van der Waals surface area contributed by atoms with Gasteiger partial charge in [0.2, 0.25) is 0 Å². The quantitative estimate of drug-likeness (QED) is 0.503. The van der Waals surface area contributed by atoms with Crippen LogP contribution in [-0.4, -0.2) is 19.5 Å². The lowest BCUT2D eigenvalue weighted by Gasteiger charge is -2.18. The van der Waals surface area contributed by atoms with Gasteiger partial charge in [-0.25, -0.2) is 4.99 Å². The van der Waals surface area contributed by atoms with Gasteiger partial charge in [0.05, 0.1) is 0 Å². The summed E-state index contributed by atoms with van der Waals surface area (Å²) in [4.78, 5) is 4.14. The van der Waals surface area contributed by atoms with Crippen molar-refractivity contribution in [2.24, 2.45) is 4.99 Å². The van der Waals surface area contributed by atoms with Crippen molar-refractivity contribution in [1.29, 1.82) is 0 Å². The van der Waals surface area contributed by atoms with Gasteiger partial charge in [0.15, 0.2) is 5.90 Å². The number of aliphatic imine (C=N–C) groups is 1. The fourth-order valence-corrected chi connectivity index (χ4v) is 1.65.